The van der Waals surface area contributed by atoms with Crippen LogP contribution in [0.2, 0.25) is 0 Å². The first-order chi connectivity index (χ1) is 13.9. The summed E-state index contributed by atoms with van der Waals surface area (Å²) in [6.07, 6.45) is -12.0. The Labute approximate surface area is 179 Å². The average molecular weight is 474 g/mol. The lowest BCUT2D eigenvalue weighted by Crippen LogP contribution is -2.43. The van der Waals surface area contributed by atoms with Crippen molar-refractivity contribution in [2.75, 3.05) is 13.2 Å². The molecule has 0 spiro atoms. The maximum atomic E-state index is 13.2. The Kier molecular flexibility index (Phi) is 7.96. The number of hydrogen-bond donors (Lipinski definition) is 1. The van der Waals surface area contributed by atoms with Crippen LogP contribution in [0.1, 0.15) is 41.3 Å². The van der Waals surface area contributed by atoms with Crippen molar-refractivity contribution < 1.29 is 40.2 Å². The van der Waals surface area contributed by atoms with E-state index in [0.29, 0.717) is 24.2 Å². The number of rotatable bonds is 4. The summed E-state index contributed by atoms with van der Waals surface area (Å²) < 4.78 is 103. The van der Waals surface area contributed by atoms with Crippen LogP contribution in [-0.2, 0) is 21.8 Å². The van der Waals surface area contributed by atoms with E-state index in [1.165, 1.54) is 31.2 Å². The van der Waals surface area contributed by atoms with Gasteiger partial charge in [-0.1, -0.05) is 12.1 Å². The molecule has 1 heterocycles. The Bertz CT molecular complexity index is 839. The minimum absolute atomic E-state index is 0. The summed E-state index contributed by atoms with van der Waals surface area (Å²) in [4.78, 5) is 0. The Morgan fingerprint density at radius 1 is 0.968 bits per heavy atom. The summed E-state index contributed by atoms with van der Waals surface area (Å²) in [6.45, 7) is 2.01. The zero-order valence-corrected chi connectivity index (χ0v) is 16.9. The van der Waals surface area contributed by atoms with E-state index in [1.54, 1.807) is 0 Å². The van der Waals surface area contributed by atoms with Gasteiger partial charge in [0.1, 0.15) is 5.82 Å². The van der Waals surface area contributed by atoms with Gasteiger partial charge in [0.05, 0.1) is 29.9 Å². The Hall–Kier alpha value is -1.88. The zero-order valence-electron chi connectivity index (χ0n) is 16.1. The predicted molar refractivity (Wildman–Crippen MR) is 100 cm³/mol. The molecule has 3 nitrogen and oxygen atoms in total. The molecular weight excluding hydrogens is 455 g/mol. The van der Waals surface area contributed by atoms with E-state index in [0.717, 1.165) is 0 Å². The number of nitrogens with one attached hydrogen (secondary N) is 1. The molecule has 1 fully saturated rings. The van der Waals surface area contributed by atoms with Crippen molar-refractivity contribution >= 4 is 12.4 Å². The fourth-order valence-electron chi connectivity index (χ4n) is 3.14. The summed E-state index contributed by atoms with van der Waals surface area (Å²) in [7, 11) is 0. The number of alkyl halides is 6. The largest absolute Gasteiger partial charge is 0.416 e. The van der Waals surface area contributed by atoms with Gasteiger partial charge in [0, 0.05) is 6.54 Å². The van der Waals surface area contributed by atoms with Gasteiger partial charge < -0.3 is 14.8 Å². The molecule has 1 saturated heterocycles. The van der Waals surface area contributed by atoms with Crippen molar-refractivity contribution in [3.63, 3.8) is 0 Å². The summed E-state index contributed by atoms with van der Waals surface area (Å²) in [5.41, 5.74) is -2.52. The molecule has 1 aliphatic heterocycles. The summed E-state index contributed by atoms with van der Waals surface area (Å²) in [6, 6.07) is 6.20. The van der Waals surface area contributed by atoms with Crippen molar-refractivity contribution in [2.24, 2.45) is 0 Å². The molecular formula is C20H19ClF7NO2. The van der Waals surface area contributed by atoms with Gasteiger partial charge in [-0.25, -0.2) is 4.39 Å². The van der Waals surface area contributed by atoms with E-state index in [2.05, 4.69) is 5.32 Å². The summed E-state index contributed by atoms with van der Waals surface area (Å²) in [5.74, 6) is -0.454. The van der Waals surface area contributed by atoms with E-state index in [1.807, 2.05) is 0 Å². The maximum Gasteiger partial charge on any atom is 0.416 e. The molecule has 1 aliphatic rings. The van der Waals surface area contributed by atoms with Crippen molar-refractivity contribution in [3.05, 3.63) is 70.5 Å². The third-order valence-corrected chi connectivity index (χ3v) is 4.67. The molecule has 2 aromatic rings. The van der Waals surface area contributed by atoms with Gasteiger partial charge in [-0.15, -0.1) is 12.4 Å². The third-order valence-electron chi connectivity index (χ3n) is 4.67. The molecule has 31 heavy (non-hydrogen) atoms. The first kappa shape index (κ1) is 25.4. The van der Waals surface area contributed by atoms with Crippen molar-refractivity contribution in [1.82, 2.24) is 5.32 Å². The molecule has 0 saturated carbocycles. The molecule has 0 radical (unpaired) electrons. The highest BCUT2D eigenvalue weighted by Crippen LogP contribution is 2.38. The predicted octanol–water partition coefficient (Wildman–Crippen LogP) is 6.05. The Morgan fingerprint density at radius 3 is 2.03 bits per heavy atom. The highest BCUT2D eigenvalue weighted by Gasteiger charge is 2.38. The second-order valence-corrected chi connectivity index (χ2v) is 6.84. The monoisotopic (exact) mass is 473 g/mol. The van der Waals surface area contributed by atoms with Crippen LogP contribution >= 0.6 is 12.4 Å². The number of benzene rings is 2. The van der Waals surface area contributed by atoms with Gasteiger partial charge in [-0.2, -0.15) is 26.3 Å². The van der Waals surface area contributed by atoms with E-state index >= 15 is 0 Å². The fourth-order valence-corrected chi connectivity index (χ4v) is 3.14. The summed E-state index contributed by atoms with van der Waals surface area (Å²) >= 11 is 0. The van der Waals surface area contributed by atoms with Gasteiger partial charge in [-0.3, -0.25) is 0 Å². The van der Waals surface area contributed by atoms with Crippen LogP contribution in [0.25, 0.3) is 0 Å². The smallest absolute Gasteiger partial charge is 0.349 e. The zero-order chi connectivity index (χ0) is 22.1. The van der Waals surface area contributed by atoms with E-state index in [9.17, 15) is 30.7 Å². The maximum absolute atomic E-state index is 13.2. The van der Waals surface area contributed by atoms with E-state index in [-0.39, 0.29) is 30.6 Å². The third kappa shape index (κ3) is 6.31. The first-order valence-corrected chi connectivity index (χ1v) is 9.00. The highest BCUT2D eigenvalue weighted by atomic mass is 35.5. The van der Waals surface area contributed by atoms with Crippen LogP contribution in [-0.4, -0.2) is 19.4 Å². The quantitative estimate of drug-likeness (QED) is 0.548. The molecule has 0 bridgehead atoms. The highest BCUT2D eigenvalue weighted by molar-refractivity contribution is 5.85. The molecule has 172 valence electrons. The van der Waals surface area contributed by atoms with Crippen LogP contribution in [0.15, 0.2) is 42.5 Å². The minimum Gasteiger partial charge on any atom is -0.349 e. The van der Waals surface area contributed by atoms with Gasteiger partial charge in [0.25, 0.3) is 0 Å². The van der Waals surface area contributed by atoms with Crippen LogP contribution < -0.4 is 5.32 Å². The second kappa shape index (κ2) is 9.72. The molecule has 3 atom stereocenters. The Balaban J connectivity index is 0.00000341. The standard InChI is InChI=1S/C20H18F7NO2.ClH/c1-11(13-8-14(19(22,23)24)10-15(9-13)20(25,26)27)30-18-17(28-6-7-29-18)12-2-4-16(21)5-3-12;/h2-5,8-11,17-18,28H,6-7H2,1H3;1H/t11?,17?,18-;/m1./s1. The topological polar surface area (TPSA) is 30.5 Å². The van der Waals surface area contributed by atoms with Crippen LogP contribution in [0.3, 0.4) is 0 Å². The van der Waals surface area contributed by atoms with Gasteiger partial charge in [0.15, 0.2) is 6.29 Å². The van der Waals surface area contributed by atoms with Crippen molar-refractivity contribution in [3.8, 4) is 0 Å². The minimum atomic E-state index is -4.95. The van der Waals surface area contributed by atoms with Gasteiger partial charge in [0.2, 0.25) is 0 Å². The number of halogens is 8. The lowest BCUT2D eigenvalue weighted by molar-refractivity contribution is -0.200. The van der Waals surface area contributed by atoms with Crippen LogP contribution in [0, 0.1) is 5.82 Å². The van der Waals surface area contributed by atoms with Crippen LogP contribution in [0.4, 0.5) is 30.7 Å². The lowest BCUT2D eigenvalue weighted by atomic mass is 10.0. The molecule has 0 aromatic heterocycles. The second-order valence-electron chi connectivity index (χ2n) is 6.84. The lowest BCUT2D eigenvalue weighted by Gasteiger charge is -2.34. The average Bonchev–Trinajstić information content (AvgIpc) is 2.67. The number of ether oxygens (including phenoxy) is 2. The van der Waals surface area contributed by atoms with Gasteiger partial charge >= 0.3 is 12.4 Å². The summed E-state index contributed by atoms with van der Waals surface area (Å²) in [5, 5.41) is 3.10. The fraction of sp³-hybridized carbons (Fsp3) is 0.400. The molecule has 0 aliphatic carbocycles. The molecule has 1 N–H and O–H groups in total. The molecule has 2 aromatic carbocycles. The SMILES string of the molecule is CC(O[C@H]1OCCNC1c1ccc(F)cc1)c1cc(C(F)(F)F)cc(C(F)(F)F)c1.Cl. The number of morpholine rings is 1. The molecule has 0 amide bonds. The van der Waals surface area contributed by atoms with Crippen molar-refractivity contribution in [1.29, 1.82) is 0 Å². The number of hydrogen-bond acceptors (Lipinski definition) is 3. The molecule has 11 heteroatoms. The first-order valence-electron chi connectivity index (χ1n) is 9.00. The van der Waals surface area contributed by atoms with Gasteiger partial charge in [-0.05, 0) is 48.4 Å². The van der Waals surface area contributed by atoms with E-state index < -0.39 is 47.7 Å². The molecule has 2 unspecified atom stereocenters. The molecule has 3 rings (SSSR count). The van der Waals surface area contributed by atoms with Crippen molar-refractivity contribution in [2.45, 2.75) is 37.7 Å². The van der Waals surface area contributed by atoms with Crippen LogP contribution in [0.5, 0.6) is 0 Å². The normalized spacial score (nSPS) is 20.8. The Morgan fingerprint density at radius 2 is 1.52 bits per heavy atom. The van der Waals surface area contributed by atoms with E-state index in [4.69, 9.17) is 9.47 Å².